The van der Waals surface area contributed by atoms with Crippen molar-refractivity contribution in [1.82, 2.24) is 24.6 Å². The maximum absolute atomic E-state index is 12.3. The molecule has 1 aliphatic carbocycles. The second-order valence-corrected chi connectivity index (χ2v) is 5.48. The van der Waals surface area contributed by atoms with Gasteiger partial charge in [-0.05, 0) is 31.7 Å². The van der Waals surface area contributed by atoms with Gasteiger partial charge in [0.05, 0.1) is 6.04 Å². The van der Waals surface area contributed by atoms with Crippen molar-refractivity contribution in [2.75, 3.05) is 0 Å². The summed E-state index contributed by atoms with van der Waals surface area (Å²) in [4.78, 5) is 28.2. The summed E-state index contributed by atoms with van der Waals surface area (Å²) in [5, 5.41) is 7.18. The highest BCUT2D eigenvalue weighted by Crippen LogP contribution is 2.40. The summed E-state index contributed by atoms with van der Waals surface area (Å²) in [5.41, 5.74) is -0.183. The van der Waals surface area contributed by atoms with Gasteiger partial charge in [0.1, 0.15) is 18.7 Å². The van der Waals surface area contributed by atoms with Gasteiger partial charge in [-0.1, -0.05) is 6.07 Å². The highest BCUT2D eigenvalue weighted by atomic mass is 16.2. The summed E-state index contributed by atoms with van der Waals surface area (Å²) >= 11 is 0. The Labute approximate surface area is 128 Å². The number of nitrogens with one attached hydrogen (secondary N) is 1. The van der Waals surface area contributed by atoms with Gasteiger partial charge in [0.25, 0.3) is 5.56 Å². The molecule has 1 atom stereocenters. The first kappa shape index (κ1) is 14.5. The minimum Gasteiger partial charge on any atom is -0.344 e. The van der Waals surface area contributed by atoms with E-state index in [9.17, 15) is 9.59 Å². The number of pyridine rings is 1. The van der Waals surface area contributed by atoms with Crippen LogP contribution in [-0.4, -0.2) is 25.2 Å². The van der Waals surface area contributed by atoms with Gasteiger partial charge in [0, 0.05) is 18.8 Å². The van der Waals surface area contributed by atoms with Crippen molar-refractivity contribution in [3.8, 4) is 0 Å². The quantitative estimate of drug-likeness (QED) is 0.852. The fraction of sp³-hybridized carbons (Fsp3) is 0.467. The molecule has 7 heteroatoms. The van der Waals surface area contributed by atoms with E-state index in [0.717, 1.165) is 18.7 Å². The number of hydrogen-bond acceptors (Lipinski definition) is 4. The van der Waals surface area contributed by atoms with Crippen LogP contribution in [0.15, 0.2) is 35.5 Å². The fourth-order valence-electron chi connectivity index (χ4n) is 2.55. The van der Waals surface area contributed by atoms with Gasteiger partial charge in [-0.25, -0.2) is 9.67 Å². The average molecular weight is 301 g/mol. The third kappa shape index (κ3) is 3.08. The number of hydrogen-bond donors (Lipinski definition) is 1. The molecule has 1 amide bonds. The Morgan fingerprint density at radius 3 is 2.95 bits per heavy atom. The Kier molecular flexibility index (Phi) is 4.04. The minimum absolute atomic E-state index is 0.0170. The molecule has 116 valence electrons. The number of amides is 1. The molecule has 1 fully saturated rings. The number of carbonyl (C=O) groups excluding carboxylic acids is 1. The predicted octanol–water partition coefficient (Wildman–Crippen LogP) is 0.727. The third-order valence-corrected chi connectivity index (χ3v) is 3.85. The van der Waals surface area contributed by atoms with Crippen molar-refractivity contribution in [2.45, 2.75) is 38.9 Å². The zero-order chi connectivity index (χ0) is 15.5. The molecule has 0 radical (unpaired) electrons. The Hall–Kier alpha value is -2.44. The molecule has 1 aliphatic rings. The number of carbonyl (C=O) groups is 1. The molecule has 0 bridgehead atoms. The molecule has 1 N–H and O–H groups in total. The van der Waals surface area contributed by atoms with Gasteiger partial charge in [-0.15, -0.1) is 0 Å². The van der Waals surface area contributed by atoms with E-state index in [1.54, 1.807) is 23.0 Å². The van der Waals surface area contributed by atoms with E-state index in [-0.39, 0.29) is 24.1 Å². The first-order valence-corrected chi connectivity index (χ1v) is 7.51. The number of rotatable bonds is 6. The summed E-state index contributed by atoms with van der Waals surface area (Å²) < 4.78 is 3.20. The van der Waals surface area contributed by atoms with Crippen molar-refractivity contribution in [2.24, 2.45) is 5.92 Å². The SMILES string of the molecule is CCn1ncnc1C(NC(=O)Cn1ccccc1=O)C1CC1. The zero-order valence-electron chi connectivity index (χ0n) is 12.5. The van der Waals surface area contributed by atoms with Crippen molar-refractivity contribution < 1.29 is 4.79 Å². The largest absolute Gasteiger partial charge is 0.344 e. The molecular formula is C15H19N5O2. The molecule has 0 saturated heterocycles. The van der Waals surface area contributed by atoms with Crippen LogP contribution in [0.4, 0.5) is 0 Å². The summed E-state index contributed by atoms with van der Waals surface area (Å²) in [6, 6.07) is 4.71. The fourth-order valence-corrected chi connectivity index (χ4v) is 2.55. The lowest BCUT2D eigenvalue weighted by atomic mass is 10.1. The lowest BCUT2D eigenvalue weighted by Crippen LogP contribution is -2.36. The number of nitrogens with zero attached hydrogens (tertiary/aromatic N) is 4. The Morgan fingerprint density at radius 1 is 1.45 bits per heavy atom. The maximum Gasteiger partial charge on any atom is 0.250 e. The van der Waals surface area contributed by atoms with Crippen LogP contribution in [0.5, 0.6) is 0 Å². The van der Waals surface area contributed by atoms with Gasteiger partial charge in [-0.3, -0.25) is 9.59 Å². The summed E-state index contributed by atoms with van der Waals surface area (Å²) in [5.74, 6) is 1.01. The van der Waals surface area contributed by atoms with Crippen molar-refractivity contribution in [1.29, 1.82) is 0 Å². The second kappa shape index (κ2) is 6.13. The lowest BCUT2D eigenvalue weighted by Gasteiger charge is -2.18. The molecule has 1 saturated carbocycles. The van der Waals surface area contributed by atoms with Crippen LogP contribution >= 0.6 is 0 Å². The first-order chi connectivity index (χ1) is 10.7. The van der Waals surface area contributed by atoms with E-state index in [2.05, 4.69) is 15.4 Å². The molecular weight excluding hydrogens is 282 g/mol. The predicted molar refractivity (Wildman–Crippen MR) is 80.0 cm³/mol. The summed E-state index contributed by atoms with van der Waals surface area (Å²) in [7, 11) is 0. The van der Waals surface area contributed by atoms with E-state index in [0.29, 0.717) is 12.5 Å². The molecule has 0 aromatic carbocycles. The first-order valence-electron chi connectivity index (χ1n) is 7.51. The Morgan fingerprint density at radius 2 is 2.27 bits per heavy atom. The van der Waals surface area contributed by atoms with E-state index in [1.165, 1.54) is 17.0 Å². The van der Waals surface area contributed by atoms with Gasteiger partial charge in [-0.2, -0.15) is 5.10 Å². The topological polar surface area (TPSA) is 81.8 Å². The van der Waals surface area contributed by atoms with Crippen LogP contribution in [0.2, 0.25) is 0 Å². The molecule has 22 heavy (non-hydrogen) atoms. The van der Waals surface area contributed by atoms with Gasteiger partial charge < -0.3 is 9.88 Å². The summed E-state index contributed by atoms with van der Waals surface area (Å²) in [6.45, 7) is 2.73. The van der Waals surface area contributed by atoms with Gasteiger partial charge in [0.2, 0.25) is 5.91 Å². The lowest BCUT2D eigenvalue weighted by molar-refractivity contribution is -0.122. The highest BCUT2D eigenvalue weighted by Gasteiger charge is 2.36. The molecule has 2 aromatic heterocycles. The van der Waals surface area contributed by atoms with Gasteiger partial charge in [0.15, 0.2) is 0 Å². The number of aromatic nitrogens is 4. The van der Waals surface area contributed by atoms with E-state index < -0.39 is 0 Å². The average Bonchev–Trinajstić information content (AvgIpc) is 3.24. The molecule has 2 aromatic rings. The minimum atomic E-state index is -0.184. The second-order valence-electron chi connectivity index (χ2n) is 5.48. The van der Waals surface area contributed by atoms with Crippen LogP contribution in [0, 0.1) is 5.92 Å². The van der Waals surface area contributed by atoms with E-state index in [4.69, 9.17) is 0 Å². The van der Waals surface area contributed by atoms with E-state index in [1.807, 2.05) is 6.92 Å². The molecule has 1 unspecified atom stereocenters. The van der Waals surface area contributed by atoms with Crippen molar-refractivity contribution in [3.63, 3.8) is 0 Å². The van der Waals surface area contributed by atoms with Crippen molar-refractivity contribution >= 4 is 5.91 Å². The van der Waals surface area contributed by atoms with Crippen LogP contribution in [0.25, 0.3) is 0 Å². The summed E-state index contributed by atoms with van der Waals surface area (Å²) in [6.07, 6.45) is 5.28. The molecule has 0 aliphatic heterocycles. The molecule has 2 heterocycles. The zero-order valence-corrected chi connectivity index (χ0v) is 12.5. The smallest absolute Gasteiger partial charge is 0.250 e. The Bertz CT molecular complexity index is 716. The third-order valence-electron chi connectivity index (χ3n) is 3.85. The van der Waals surface area contributed by atoms with Crippen LogP contribution in [0.3, 0.4) is 0 Å². The standard InChI is InChI=1S/C15H19N5O2/c1-2-20-15(16-10-17-20)14(11-6-7-11)18-12(21)9-19-8-4-3-5-13(19)22/h3-5,8,10-11,14H,2,6-7,9H2,1H3,(H,18,21). The normalized spacial score (nSPS) is 15.5. The Balaban J connectivity index is 1.73. The molecule has 0 spiro atoms. The van der Waals surface area contributed by atoms with Gasteiger partial charge >= 0.3 is 0 Å². The van der Waals surface area contributed by atoms with E-state index >= 15 is 0 Å². The molecule has 3 rings (SSSR count). The maximum atomic E-state index is 12.3. The molecule has 7 nitrogen and oxygen atoms in total. The number of aryl methyl sites for hydroxylation is 1. The monoisotopic (exact) mass is 301 g/mol. The van der Waals surface area contributed by atoms with Crippen LogP contribution in [0.1, 0.15) is 31.6 Å². The van der Waals surface area contributed by atoms with Crippen molar-refractivity contribution in [3.05, 3.63) is 46.9 Å². The van der Waals surface area contributed by atoms with Crippen LogP contribution < -0.4 is 10.9 Å². The van der Waals surface area contributed by atoms with Crippen LogP contribution in [-0.2, 0) is 17.9 Å². The highest BCUT2D eigenvalue weighted by molar-refractivity contribution is 5.76.